The second kappa shape index (κ2) is 6.20. The minimum absolute atomic E-state index is 0.0338. The van der Waals surface area contributed by atoms with Gasteiger partial charge in [0.1, 0.15) is 5.01 Å². The number of benzene rings is 2. The molecule has 1 aromatic heterocycles. The van der Waals surface area contributed by atoms with Crippen molar-refractivity contribution in [2.75, 3.05) is 0 Å². The maximum Gasteiger partial charge on any atom is 0.169 e. The molecule has 1 heterocycles. The van der Waals surface area contributed by atoms with Crippen molar-refractivity contribution in [3.05, 3.63) is 75.6 Å². The van der Waals surface area contributed by atoms with Gasteiger partial charge in [0.05, 0.1) is 12.1 Å². The predicted octanol–water partition coefficient (Wildman–Crippen LogP) is 4.89. The van der Waals surface area contributed by atoms with E-state index in [2.05, 4.69) is 4.98 Å². The molecule has 0 saturated carbocycles. The molecule has 2 nitrogen and oxygen atoms in total. The molecule has 0 fully saturated rings. The topological polar surface area (TPSA) is 30.0 Å². The maximum absolute atomic E-state index is 12.2. The minimum Gasteiger partial charge on any atom is -0.294 e. The highest BCUT2D eigenvalue weighted by atomic mass is 35.5. The van der Waals surface area contributed by atoms with Gasteiger partial charge in [0.2, 0.25) is 0 Å². The Morgan fingerprint density at radius 2 is 1.90 bits per heavy atom. The van der Waals surface area contributed by atoms with E-state index in [1.807, 2.05) is 35.7 Å². The molecule has 21 heavy (non-hydrogen) atoms. The Labute approximate surface area is 132 Å². The van der Waals surface area contributed by atoms with Crippen molar-refractivity contribution in [3.63, 3.8) is 0 Å². The zero-order valence-electron chi connectivity index (χ0n) is 11.1. The highest BCUT2D eigenvalue weighted by molar-refractivity contribution is 7.10. The number of nitrogens with zero attached hydrogens (tertiary/aromatic N) is 1. The van der Waals surface area contributed by atoms with Crippen LogP contribution < -0.4 is 0 Å². The molecule has 0 aliphatic heterocycles. The summed E-state index contributed by atoms with van der Waals surface area (Å²) in [6.45, 7) is 0. The number of carbonyl (C=O) groups excluding carboxylic acids is 1. The Bertz CT molecular complexity index is 767. The van der Waals surface area contributed by atoms with E-state index in [9.17, 15) is 4.79 Å². The van der Waals surface area contributed by atoms with Gasteiger partial charge in [0, 0.05) is 21.5 Å². The van der Waals surface area contributed by atoms with Crippen LogP contribution in [0.15, 0.2) is 60.0 Å². The molecule has 3 aromatic rings. The molecular weight excluding hydrogens is 302 g/mol. The fourth-order valence-corrected chi connectivity index (χ4v) is 3.03. The fraction of sp³-hybridized carbons (Fsp3) is 0.0588. The van der Waals surface area contributed by atoms with Gasteiger partial charge in [0.25, 0.3) is 0 Å². The third kappa shape index (κ3) is 3.38. The molecule has 104 valence electrons. The maximum atomic E-state index is 12.2. The number of thiazole rings is 1. The summed E-state index contributed by atoms with van der Waals surface area (Å²) < 4.78 is 0. The average molecular weight is 314 g/mol. The Morgan fingerprint density at radius 1 is 1.10 bits per heavy atom. The van der Waals surface area contributed by atoms with Crippen molar-refractivity contribution in [2.45, 2.75) is 6.42 Å². The SMILES string of the molecule is O=C(Cc1nc(-c2ccccc2)cs1)c1cccc(Cl)c1. The van der Waals surface area contributed by atoms with Crippen molar-refractivity contribution in [1.29, 1.82) is 0 Å². The molecule has 0 saturated heterocycles. The van der Waals surface area contributed by atoms with E-state index >= 15 is 0 Å². The number of halogens is 1. The quantitative estimate of drug-likeness (QED) is 0.642. The number of rotatable bonds is 4. The van der Waals surface area contributed by atoms with Crippen molar-refractivity contribution >= 4 is 28.7 Å². The second-order valence-corrected chi connectivity index (χ2v) is 5.98. The van der Waals surface area contributed by atoms with Gasteiger partial charge < -0.3 is 0 Å². The Hall–Kier alpha value is -1.97. The Morgan fingerprint density at radius 3 is 2.67 bits per heavy atom. The van der Waals surface area contributed by atoms with Gasteiger partial charge >= 0.3 is 0 Å². The Kier molecular flexibility index (Phi) is 4.13. The molecular formula is C17H12ClNOS. The van der Waals surface area contributed by atoms with Crippen molar-refractivity contribution in [2.24, 2.45) is 0 Å². The van der Waals surface area contributed by atoms with Crippen molar-refractivity contribution in [3.8, 4) is 11.3 Å². The van der Waals surface area contributed by atoms with E-state index in [4.69, 9.17) is 11.6 Å². The summed E-state index contributed by atoms with van der Waals surface area (Å²) in [6, 6.07) is 17.0. The number of hydrogen-bond donors (Lipinski definition) is 0. The van der Waals surface area contributed by atoms with Crippen LogP contribution in [0.1, 0.15) is 15.4 Å². The van der Waals surface area contributed by atoms with E-state index < -0.39 is 0 Å². The first-order valence-corrected chi connectivity index (χ1v) is 7.77. The molecule has 0 radical (unpaired) electrons. The summed E-state index contributed by atoms with van der Waals surface area (Å²) in [4.78, 5) is 16.8. The van der Waals surface area contributed by atoms with Crippen LogP contribution in [0.2, 0.25) is 5.02 Å². The van der Waals surface area contributed by atoms with Gasteiger partial charge in [0.15, 0.2) is 5.78 Å². The van der Waals surface area contributed by atoms with E-state index in [0.717, 1.165) is 16.3 Å². The van der Waals surface area contributed by atoms with Gasteiger partial charge in [-0.25, -0.2) is 4.98 Å². The first-order valence-electron chi connectivity index (χ1n) is 6.51. The third-order valence-electron chi connectivity index (χ3n) is 3.08. The van der Waals surface area contributed by atoms with Crippen LogP contribution in [0.25, 0.3) is 11.3 Å². The smallest absolute Gasteiger partial charge is 0.169 e. The van der Waals surface area contributed by atoms with E-state index in [-0.39, 0.29) is 5.78 Å². The first kappa shape index (κ1) is 14.0. The molecule has 4 heteroatoms. The highest BCUT2D eigenvalue weighted by Crippen LogP contribution is 2.22. The summed E-state index contributed by atoms with van der Waals surface area (Å²) in [5.74, 6) is 0.0338. The molecule has 3 rings (SSSR count). The molecule has 0 aliphatic carbocycles. The number of Topliss-reactive ketones (excluding diaryl/α,β-unsaturated/α-hetero) is 1. The van der Waals surface area contributed by atoms with Crippen LogP contribution >= 0.6 is 22.9 Å². The molecule has 0 N–H and O–H groups in total. The van der Waals surface area contributed by atoms with Crippen LogP contribution in [0.3, 0.4) is 0 Å². The van der Waals surface area contributed by atoms with Gasteiger partial charge in [-0.05, 0) is 12.1 Å². The summed E-state index contributed by atoms with van der Waals surface area (Å²) in [6.07, 6.45) is 0.303. The number of ketones is 1. The standard InChI is InChI=1S/C17H12ClNOS/c18-14-8-4-7-13(9-14)16(20)10-17-19-15(11-21-17)12-5-2-1-3-6-12/h1-9,11H,10H2. The lowest BCUT2D eigenvalue weighted by molar-refractivity contribution is 0.0993. The number of carbonyl (C=O) groups is 1. The Balaban J connectivity index is 1.77. The molecule has 0 unspecified atom stereocenters. The second-order valence-electron chi connectivity index (χ2n) is 4.60. The monoisotopic (exact) mass is 313 g/mol. The lowest BCUT2D eigenvalue weighted by Crippen LogP contribution is -2.03. The number of aromatic nitrogens is 1. The summed E-state index contributed by atoms with van der Waals surface area (Å²) in [7, 11) is 0. The lowest BCUT2D eigenvalue weighted by atomic mass is 10.1. The number of hydrogen-bond acceptors (Lipinski definition) is 3. The zero-order valence-corrected chi connectivity index (χ0v) is 12.7. The van der Waals surface area contributed by atoms with Crippen molar-refractivity contribution in [1.82, 2.24) is 4.98 Å². The lowest BCUT2D eigenvalue weighted by Gasteiger charge is -1.99. The zero-order chi connectivity index (χ0) is 14.7. The van der Waals surface area contributed by atoms with E-state index in [0.29, 0.717) is 17.0 Å². The van der Waals surface area contributed by atoms with E-state index in [1.54, 1.807) is 24.3 Å². The van der Waals surface area contributed by atoms with Gasteiger partial charge in [-0.15, -0.1) is 11.3 Å². The highest BCUT2D eigenvalue weighted by Gasteiger charge is 2.11. The molecule has 2 aromatic carbocycles. The molecule has 0 amide bonds. The van der Waals surface area contributed by atoms with Crippen LogP contribution in [0.5, 0.6) is 0 Å². The summed E-state index contributed by atoms with van der Waals surface area (Å²) in [5, 5.41) is 3.37. The van der Waals surface area contributed by atoms with Gasteiger partial charge in [-0.3, -0.25) is 4.79 Å². The minimum atomic E-state index is 0.0338. The largest absolute Gasteiger partial charge is 0.294 e. The van der Waals surface area contributed by atoms with Gasteiger partial charge in [-0.2, -0.15) is 0 Å². The van der Waals surface area contributed by atoms with Gasteiger partial charge in [-0.1, -0.05) is 54.1 Å². The average Bonchev–Trinajstić information content (AvgIpc) is 2.97. The molecule has 0 aliphatic rings. The third-order valence-corrected chi connectivity index (χ3v) is 4.16. The fourth-order valence-electron chi connectivity index (χ4n) is 2.03. The summed E-state index contributed by atoms with van der Waals surface area (Å²) in [5.41, 5.74) is 2.60. The predicted molar refractivity (Wildman–Crippen MR) is 87.0 cm³/mol. The van der Waals surface area contributed by atoms with Crippen LogP contribution in [0, 0.1) is 0 Å². The van der Waals surface area contributed by atoms with Crippen molar-refractivity contribution < 1.29 is 4.79 Å². The van der Waals surface area contributed by atoms with E-state index in [1.165, 1.54) is 11.3 Å². The first-order chi connectivity index (χ1) is 10.2. The molecule has 0 spiro atoms. The van der Waals surface area contributed by atoms with Crippen LogP contribution in [-0.2, 0) is 6.42 Å². The molecule has 0 atom stereocenters. The van der Waals surface area contributed by atoms with Crippen LogP contribution in [-0.4, -0.2) is 10.8 Å². The van der Waals surface area contributed by atoms with Crippen LogP contribution in [0.4, 0.5) is 0 Å². The normalized spacial score (nSPS) is 10.5. The molecule has 0 bridgehead atoms. The summed E-state index contributed by atoms with van der Waals surface area (Å²) >= 11 is 7.42.